The highest BCUT2D eigenvalue weighted by molar-refractivity contribution is 5.92. The standard InChI is InChI=1S/C21H30N2O3/c1-14(2)20(24)23-18-8-9-19-16(11-18)10-17(13-26-19)21(25)22-12-15-6-4-3-5-7-15/h8-9,11,14-15,17H,3-7,10,12-13H2,1-2H3,(H,22,25)(H,23,24)/t17-/m0/s1. The van der Waals surface area contributed by atoms with Crippen LogP contribution in [-0.2, 0) is 16.0 Å². The Hall–Kier alpha value is -2.04. The number of benzene rings is 1. The fourth-order valence-corrected chi connectivity index (χ4v) is 3.71. The third-order valence-corrected chi connectivity index (χ3v) is 5.42. The van der Waals surface area contributed by atoms with Gasteiger partial charge in [0.25, 0.3) is 0 Å². The molecule has 1 fully saturated rings. The maximum absolute atomic E-state index is 12.5. The van der Waals surface area contributed by atoms with E-state index in [1.54, 1.807) is 0 Å². The van der Waals surface area contributed by atoms with E-state index in [0.29, 0.717) is 18.9 Å². The average molecular weight is 358 g/mol. The summed E-state index contributed by atoms with van der Waals surface area (Å²) < 4.78 is 5.78. The highest BCUT2D eigenvalue weighted by Gasteiger charge is 2.27. The number of carbonyl (C=O) groups is 2. The molecule has 1 heterocycles. The normalized spacial score (nSPS) is 20.2. The molecule has 1 aromatic rings. The van der Waals surface area contributed by atoms with Crippen molar-refractivity contribution in [2.24, 2.45) is 17.8 Å². The number of hydrogen-bond donors (Lipinski definition) is 2. The molecule has 0 saturated heterocycles. The van der Waals surface area contributed by atoms with Gasteiger partial charge in [0.15, 0.2) is 0 Å². The van der Waals surface area contributed by atoms with Crippen molar-refractivity contribution in [2.75, 3.05) is 18.5 Å². The molecule has 5 heteroatoms. The molecule has 26 heavy (non-hydrogen) atoms. The summed E-state index contributed by atoms with van der Waals surface area (Å²) in [5, 5.41) is 6.03. The zero-order valence-electron chi connectivity index (χ0n) is 15.8. The number of anilines is 1. The van der Waals surface area contributed by atoms with Crippen LogP contribution in [0.2, 0.25) is 0 Å². The zero-order chi connectivity index (χ0) is 18.5. The van der Waals surface area contributed by atoms with Crippen molar-refractivity contribution in [3.63, 3.8) is 0 Å². The molecule has 2 aliphatic rings. The first-order valence-corrected chi connectivity index (χ1v) is 9.87. The van der Waals surface area contributed by atoms with Gasteiger partial charge in [-0.3, -0.25) is 9.59 Å². The molecule has 5 nitrogen and oxygen atoms in total. The summed E-state index contributed by atoms with van der Waals surface area (Å²) in [6.45, 7) is 4.93. The minimum absolute atomic E-state index is 0.0107. The fraction of sp³-hybridized carbons (Fsp3) is 0.619. The number of ether oxygens (including phenoxy) is 1. The molecule has 0 unspecified atom stereocenters. The van der Waals surface area contributed by atoms with Gasteiger partial charge in [0.2, 0.25) is 11.8 Å². The second-order valence-electron chi connectivity index (χ2n) is 7.93. The Morgan fingerprint density at radius 2 is 1.96 bits per heavy atom. The van der Waals surface area contributed by atoms with Gasteiger partial charge in [0.1, 0.15) is 12.4 Å². The maximum atomic E-state index is 12.5. The largest absolute Gasteiger partial charge is 0.492 e. The van der Waals surface area contributed by atoms with E-state index in [9.17, 15) is 9.59 Å². The van der Waals surface area contributed by atoms with E-state index < -0.39 is 0 Å². The molecule has 0 radical (unpaired) electrons. The molecule has 1 aliphatic carbocycles. The predicted octanol–water partition coefficient (Wildman–Crippen LogP) is 3.53. The lowest BCUT2D eigenvalue weighted by Crippen LogP contribution is -2.39. The Morgan fingerprint density at radius 3 is 2.69 bits per heavy atom. The van der Waals surface area contributed by atoms with Gasteiger partial charge in [-0.25, -0.2) is 0 Å². The summed E-state index contributed by atoms with van der Waals surface area (Å²) in [5.41, 5.74) is 1.74. The SMILES string of the molecule is CC(C)C(=O)Nc1ccc2c(c1)C[C@H](C(=O)NCC1CCCCC1)CO2. The van der Waals surface area contributed by atoms with E-state index in [1.807, 2.05) is 32.0 Å². The molecule has 1 saturated carbocycles. The third kappa shape index (κ3) is 4.77. The molecular weight excluding hydrogens is 328 g/mol. The zero-order valence-corrected chi connectivity index (χ0v) is 15.8. The second kappa shape index (κ2) is 8.56. The summed E-state index contributed by atoms with van der Waals surface area (Å²) in [7, 11) is 0. The van der Waals surface area contributed by atoms with Crippen LogP contribution in [0.1, 0.15) is 51.5 Å². The summed E-state index contributed by atoms with van der Waals surface area (Å²) in [5.74, 6) is 1.27. The molecule has 0 spiro atoms. The lowest BCUT2D eigenvalue weighted by Gasteiger charge is -2.27. The van der Waals surface area contributed by atoms with Crippen molar-refractivity contribution in [3.05, 3.63) is 23.8 Å². The molecule has 2 N–H and O–H groups in total. The number of hydrogen-bond acceptors (Lipinski definition) is 3. The van der Waals surface area contributed by atoms with Crippen LogP contribution >= 0.6 is 0 Å². The topological polar surface area (TPSA) is 67.4 Å². The minimum Gasteiger partial charge on any atom is -0.492 e. The Bertz CT molecular complexity index is 651. The summed E-state index contributed by atoms with van der Waals surface area (Å²) in [6, 6.07) is 5.65. The smallest absolute Gasteiger partial charge is 0.226 e. The molecule has 2 amide bonds. The maximum Gasteiger partial charge on any atom is 0.226 e. The van der Waals surface area contributed by atoms with Gasteiger partial charge in [0, 0.05) is 18.2 Å². The van der Waals surface area contributed by atoms with Crippen LogP contribution in [0.25, 0.3) is 0 Å². The first-order valence-electron chi connectivity index (χ1n) is 9.87. The van der Waals surface area contributed by atoms with Gasteiger partial charge in [0.05, 0.1) is 5.92 Å². The molecule has 142 valence electrons. The van der Waals surface area contributed by atoms with Gasteiger partial charge in [-0.05, 0) is 48.9 Å². The van der Waals surface area contributed by atoms with E-state index in [-0.39, 0.29) is 23.7 Å². The number of fused-ring (bicyclic) bond motifs is 1. The van der Waals surface area contributed by atoms with E-state index in [0.717, 1.165) is 23.5 Å². The Balaban J connectivity index is 1.57. The van der Waals surface area contributed by atoms with Crippen LogP contribution in [0.4, 0.5) is 5.69 Å². The van der Waals surface area contributed by atoms with Crippen LogP contribution in [0.3, 0.4) is 0 Å². The highest BCUT2D eigenvalue weighted by atomic mass is 16.5. The van der Waals surface area contributed by atoms with Crippen molar-refractivity contribution in [1.82, 2.24) is 5.32 Å². The van der Waals surface area contributed by atoms with Crippen molar-refractivity contribution in [1.29, 1.82) is 0 Å². The first-order chi connectivity index (χ1) is 12.5. The lowest BCUT2D eigenvalue weighted by molar-refractivity contribution is -0.126. The van der Waals surface area contributed by atoms with E-state index in [1.165, 1.54) is 32.1 Å². The van der Waals surface area contributed by atoms with E-state index in [4.69, 9.17) is 4.74 Å². The third-order valence-electron chi connectivity index (χ3n) is 5.42. The summed E-state index contributed by atoms with van der Waals surface area (Å²) >= 11 is 0. The molecule has 0 bridgehead atoms. The molecule has 0 aromatic heterocycles. The number of amides is 2. The van der Waals surface area contributed by atoms with Gasteiger partial charge in [-0.2, -0.15) is 0 Å². The van der Waals surface area contributed by atoms with Crippen molar-refractivity contribution >= 4 is 17.5 Å². The number of carbonyl (C=O) groups excluding carboxylic acids is 2. The van der Waals surface area contributed by atoms with Crippen LogP contribution in [0.5, 0.6) is 5.75 Å². The number of rotatable bonds is 5. The first kappa shape index (κ1) is 18.7. The Kier molecular flexibility index (Phi) is 6.17. The van der Waals surface area contributed by atoms with E-state index >= 15 is 0 Å². The monoisotopic (exact) mass is 358 g/mol. The van der Waals surface area contributed by atoms with Crippen molar-refractivity contribution in [2.45, 2.75) is 52.4 Å². The Labute approximate surface area is 155 Å². The van der Waals surface area contributed by atoms with Gasteiger partial charge >= 0.3 is 0 Å². The highest BCUT2D eigenvalue weighted by Crippen LogP contribution is 2.30. The van der Waals surface area contributed by atoms with Crippen LogP contribution in [0.15, 0.2) is 18.2 Å². The molecule has 1 aliphatic heterocycles. The fourth-order valence-electron chi connectivity index (χ4n) is 3.71. The molecule has 1 aromatic carbocycles. The van der Waals surface area contributed by atoms with Crippen LogP contribution < -0.4 is 15.4 Å². The average Bonchev–Trinajstić information content (AvgIpc) is 2.66. The van der Waals surface area contributed by atoms with Crippen LogP contribution in [0, 0.1) is 17.8 Å². The van der Waals surface area contributed by atoms with Crippen molar-refractivity contribution in [3.8, 4) is 5.75 Å². The van der Waals surface area contributed by atoms with E-state index in [2.05, 4.69) is 10.6 Å². The number of nitrogens with one attached hydrogen (secondary N) is 2. The molecule has 3 rings (SSSR count). The Morgan fingerprint density at radius 1 is 1.19 bits per heavy atom. The van der Waals surface area contributed by atoms with Gasteiger partial charge < -0.3 is 15.4 Å². The quantitative estimate of drug-likeness (QED) is 0.846. The lowest BCUT2D eigenvalue weighted by atomic mass is 9.89. The molecular formula is C21H30N2O3. The second-order valence-corrected chi connectivity index (χ2v) is 7.93. The minimum atomic E-state index is -0.165. The van der Waals surface area contributed by atoms with Crippen LogP contribution in [-0.4, -0.2) is 25.0 Å². The van der Waals surface area contributed by atoms with Gasteiger partial charge in [-0.15, -0.1) is 0 Å². The van der Waals surface area contributed by atoms with Gasteiger partial charge in [-0.1, -0.05) is 33.1 Å². The summed E-state index contributed by atoms with van der Waals surface area (Å²) in [4.78, 5) is 24.4. The summed E-state index contributed by atoms with van der Waals surface area (Å²) in [6.07, 6.45) is 6.99. The van der Waals surface area contributed by atoms with Crippen molar-refractivity contribution < 1.29 is 14.3 Å². The molecule has 1 atom stereocenters. The predicted molar refractivity (Wildman–Crippen MR) is 102 cm³/mol.